The zero-order valence-corrected chi connectivity index (χ0v) is 15.3. The number of hydrogen-bond donors (Lipinski definition) is 1. The number of ether oxygens (including phenoxy) is 2. The summed E-state index contributed by atoms with van der Waals surface area (Å²) in [7, 11) is 1.67. The van der Waals surface area contributed by atoms with Crippen LogP contribution in [-0.2, 0) is 16.1 Å². The van der Waals surface area contributed by atoms with Gasteiger partial charge in [0.1, 0.15) is 5.75 Å². The van der Waals surface area contributed by atoms with Crippen LogP contribution in [0.15, 0.2) is 48.5 Å². The molecule has 2 aromatic carbocycles. The Bertz CT molecular complexity index is 638. The summed E-state index contributed by atoms with van der Waals surface area (Å²) in [6.07, 6.45) is 1.94. The average Bonchev–Trinajstić information content (AvgIpc) is 2.64. The van der Waals surface area contributed by atoms with Gasteiger partial charge in [0.2, 0.25) is 0 Å². The van der Waals surface area contributed by atoms with E-state index < -0.39 is 5.97 Å². The Kier molecular flexibility index (Phi) is 8.35. The molecule has 0 radical (unpaired) electrons. The van der Waals surface area contributed by atoms with Crippen LogP contribution < -0.4 is 4.74 Å². The van der Waals surface area contributed by atoms with Gasteiger partial charge in [-0.25, -0.2) is 0 Å². The highest BCUT2D eigenvalue weighted by atomic mass is 32.2. The summed E-state index contributed by atoms with van der Waals surface area (Å²) in [5, 5.41) is 8.54. The van der Waals surface area contributed by atoms with Crippen molar-refractivity contribution in [2.24, 2.45) is 0 Å². The minimum atomic E-state index is -0.751. The number of aliphatic carboxylic acids is 1. The topological polar surface area (TPSA) is 55.8 Å². The fourth-order valence-corrected chi connectivity index (χ4v) is 3.06. The molecule has 0 spiro atoms. The van der Waals surface area contributed by atoms with Crippen molar-refractivity contribution in [2.75, 3.05) is 25.2 Å². The minimum Gasteiger partial charge on any atom is -0.497 e. The van der Waals surface area contributed by atoms with Crippen molar-refractivity contribution in [2.45, 2.75) is 19.4 Å². The van der Waals surface area contributed by atoms with Crippen molar-refractivity contribution < 1.29 is 19.4 Å². The van der Waals surface area contributed by atoms with Crippen LogP contribution in [-0.4, -0.2) is 36.3 Å². The van der Waals surface area contributed by atoms with E-state index in [1.165, 1.54) is 17.3 Å². The number of carboxylic acid groups (broad SMARTS) is 1. The summed E-state index contributed by atoms with van der Waals surface area (Å²) in [6, 6.07) is 16.4. The summed E-state index contributed by atoms with van der Waals surface area (Å²) in [5.41, 5.74) is 3.48. The van der Waals surface area contributed by atoms with Gasteiger partial charge < -0.3 is 14.6 Å². The van der Waals surface area contributed by atoms with E-state index in [9.17, 15) is 4.79 Å². The van der Waals surface area contributed by atoms with Gasteiger partial charge in [0, 0.05) is 6.61 Å². The van der Waals surface area contributed by atoms with Crippen LogP contribution in [0.5, 0.6) is 5.75 Å². The number of unbranched alkanes of at least 4 members (excludes halogenated alkanes) is 1. The Morgan fingerprint density at radius 3 is 2.24 bits per heavy atom. The normalized spacial score (nSPS) is 10.6. The molecule has 0 bridgehead atoms. The lowest BCUT2D eigenvalue weighted by Crippen LogP contribution is -2.00. The third-order valence-corrected chi connectivity index (χ3v) is 4.73. The SMILES string of the molecule is COc1ccc(-c2ccc(COCCCCSCC(=O)O)cc2)cc1. The first-order chi connectivity index (χ1) is 12.2. The van der Waals surface area contributed by atoms with E-state index in [1.54, 1.807) is 7.11 Å². The molecule has 0 saturated carbocycles. The Labute approximate surface area is 153 Å². The molecule has 0 aliphatic rings. The Hall–Kier alpha value is -1.98. The molecular weight excluding hydrogens is 336 g/mol. The van der Waals surface area contributed by atoms with E-state index >= 15 is 0 Å². The van der Waals surface area contributed by atoms with Gasteiger partial charge in [0.05, 0.1) is 19.5 Å². The zero-order valence-electron chi connectivity index (χ0n) is 14.4. The van der Waals surface area contributed by atoms with Crippen LogP contribution >= 0.6 is 11.8 Å². The zero-order chi connectivity index (χ0) is 17.9. The minimum absolute atomic E-state index is 0.182. The lowest BCUT2D eigenvalue weighted by molar-refractivity contribution is -0.133. The van der Waals surface area contributed by atoms with Gasteiger partial charge in [0.15, 0.2) is 0 Å². The number of benzene rings is 2. The fourth-order valence-electron chi connectivity index (χ4n) is 2.33. The molecule has 2 rings (SSSR count). The number of thioether (sulfide) groups is 1. The summed E-state index contributed by atoms with van der Waals surface area (Å²) in [5.74, 6) is 1.16. The highest BCUT2D eigenvalue weighted by molar-refractivity contribution is 7.99. The van der Waals surface area contributed by atoms with E-state index in [0.29, 0.717) is 13.2 Å². The van der Waals surface area contributed by atoms with E-state index in [2.05, 4.69) is 24.3 Å². The molecule has 0 fully saturated rings. The van der Waals surface area contributed by atoms with E-state index in [-0.39, 0.29) is 5.75 Å². The van der Waals surface area contributed by atoms with Crippen molar-refractivity contribution in [1.82, 2.24) is 0 Å². The molecule has 0 saturated heterocycles. The average molecular weight is 360 g/mol. The monoisotopic (exact) mass is 360 g/mol. The van der Waals surface area contributed by atoms with Crippen molar-refractivity contribution >= 4 is 17.7 Å². The Morgan fingerprint density at radius 2 is 1.64 bits per heavy atom. The van der Waals surface area contributed by atoms with E-state index in [4.69, 9.17) is 14.6 Å². The predicted molar refractivity (Wildman–Crippen MR) is 102 cm³/mol. The molecule has 4 nitrogen and oxygen atoms in total. The molecule has 0 aromatic heterocycles. The highest BCUT2D eigenvalue weighted by Crippen LogP contribution is 2.22. The van der Waals surface area contributed by atoms with Crippen LogP contribution in [0.25, 0.3) is 11.1 Å². The lowest BCUT2D eigenvalue weighted by Gasteiger charge is -2.07. The number of rotatable bonds is 11. The maximum atomic E-state index is 10.4. The molecule has 0 amide bonds. The molecule has 2 aromatic rings. The summed E-state index contributed by atoms with van der Waals surface area (Å²) in [6.45, 7) is 1.30. The molecule has 134 valence electrons. The van der Waals surface area contributed by atoms with Gasteiger partial charge >= 0.3 is 5.97 Å². The van der Waals surface area contributed by atoms with E-state index in [0.717, 1.165) is 35.5 Å². The number of carbonyl (C=O) groups is 1. The number of methoxy groups -OCH3 is 1. The smallest absolute Gasteiger partial charge is 0.313 e. The highest BCUT2D eigenvalue weighted by Gasteiger charge is 2.00. The Morgan fingerprint density at radius 1 is 1.00 bits per heavy atom. The van der Waals surface area contributed by atoms with Gasteiger partial charge in [-0.1, -0.05) is 36.4 Å². The van der Waals surface area contributed by atoms with Crippen LogP contribution in [0.3, 0.4) is 0 Å². The second-order valence-electron chi connectivity index (χ2n) is 5.63. The van der Waals surface area contributed by atoms with Gasteiger partial charge in [-0.3, -0.25) is 4.79 Å². The first-order valence-electron chi connectivity index (χ1n) is 8.29. The third kappa shape index (κ3) is 7.20. The molecule has 5 heteroatoms. The number of carboxylic acids is 1. The first-order valence-corrected chi connectivity index (χ1v) is 9.45. The second kappa shape index (κ2) is 10.8. The van der Waals surface area contributed by atoms with Gasteiger partial charge in [0.25, 0.3) is 0 Å². The van der Waals surface area contributed by atoms with Crippen molar-refractivity contribution in [3.8, 4) is 16.9 Å². The summed E-state index contributed by atoms with van der Waals surface area (Å²) in [4.78, 5) is 10.4. The molecule has 1 N–H and O–H groups in total. The molecule has 0 heterocycles. The Balaban J connectivity index is 1.67. The quantitative estimate of drug-likeness (QED) is 0.599. The first kappa shape index (κ1) is 19.3. The lowest BCUT2D eigenvalue weighted by atomic mass is 10.0. The van der Waals surface area contributed by atoms with Gasteiger partial charge in [-0.15, -0.1) is 0 Å². The van der Waals surface area contributed by atoms with Crippen LogP contribution in [0.2, 0.25) is 0 Å². The standard InChI is InChI=1S/C20H24O4S/c1-23-19-10-8-18(9-11-19)17-6-4-16(5-7-17)14-24-12-2-3-13-25-15-20(21)22/h4-11H,2-3,12-15H2,1H3,(H,21,22). The predicted octanol–water partition coefficient (Wildman–Crippen LogP) is 4.48. The summed E-state index contributed by atoms with van der Waals surface area (Å²) >= 11 is 1.45. The van der Waals surface area contributed by atoms with Crippen LogP contribution in [0.4, 0.5) is 0 Å². The molecule has 0 aliphatic heterocycles. The molecule has 0 aliphatic carbocycles. The van der Waals surface area contributed by atoms with E-state index in [1.807, 2.05) is 24.3 Å². The maximum absolute atomic E-state index is 10.4. The second-order valence-corrected chi connectivity index (χ2v) is 6.74. The summed E-state index contributed by atoms with van der Waals surface area (Å²) < 4.78 is 10.9. The van der Waals surface area contributed by atoms with Crippen LogP contribution in [0.1, 0.15) is 18.4 Å². The molecule has 0 unspecified atom stereocenters. The van der Waals surface area contributed by atoms with Crippen molar-refractivity contribution in [1.29, 1.82) is 0 Å². The molecule has 0 atom stereocenters. The molecule has 25 heavy (non-hydrogen) atoms. The fraction of sp³-hybridized carbons (Fsp3) is 0.350. The number of hydrogen-bond acceptors (Lipinski definition) is 4. The molecular formula is C20H24O4S. The van der Waals surface area contributed by atoms with Crippen LogP contribution in [0, 0.1) is 0 Å². The van der Waals surface area contributed by atoms with Crippen molar-refractivity contribution in [3.05, 3.63) is 54.1 Å². The van der Waals surface area contributed by atoms with Gasteiger partial charge in [-0.2, -0.15) is 11.8 Å². The largest absolute Gasteiger partial charge is 0.497 e. The maximum Gasteiger partial charge on any atom is 0.313 e. The third-order valence-electron chi connectivity index (χ3n) is 3.70. The van der Waals surface area contributed by atoms with Gasteiger partial charge in [-0.05, 0) is 47.4 Å². The van der Waals surface area contributed by atoms with Crippen molar-refractivity contribution in [3.63, 3.8) is 0 Å².